The van der Waals surface area contributed by atoms with E-state index in [2.05, 4.69) is 0 Å². The molecule has 0 aliphatic rings. The van der Waals surface area contributed by atoms with Gasteiger partial charge in [-0.15, -0.1) is 0 Å². The molecule has 0 spiro atoms. The minimum Gasteiger partial charge on any atom is -0.371 e. The maximum absolute atomic E-state index is 11.7. The van der Waals surface area contributed by atoms with Gasteiger partial charge in [-0.25, -0.2) is 8.78 Å². The van der Waals surface area contributed by atoms with Crippen molar-refractivity contribution in [2.24, 2.45) is 0 Å². The molecule has 0 heterocycles. The summed E-state index contributed by atoms with van der Waals surface area (Å²) in [6.45, 7) is -0.462. The van der Waals surface area contributed by atoms with Gasteiger partial charge in [0, 0.05) is 0 Å². The zero-order chi connectivity index (χ0) is 10.4. The van der Waals surface area contributed by atoms with E-state index in [0.717, 1.165) is 5.56 Å². The van der Waals surface area contributed by atoms with Crippen LogP contribution in [-0.4, -0.2) is 13.0 Å². The molecule has 1 aromatic rings. The molecule has 0 atom stereocenters. The van der Waals surface area contributed by atoms with E-state index in [1.165, 1.54) is 0 Å². The molecule has 0 unspecified atom stereocenters. The first-order valence-electron chi connectivity index (χ1n) is 4.07. The molecule has 0 N–H and O–H groups in total. The highest BCUT2D eigenvalue weighted by Crippen LogP contribution is 2.06. The Morgan fingerprint density at radius 1 is 1.43 bits per heavy atom. The Morgan fingerprint density at radius 2 is 2.21 bits per heavy atom. The van der Waals surface area contributed by atoms with Crippen LogP contribution in [0.4, 0.5) is 8.78 Å². The fourth-order valence-electron chi connectivity index (χ4n) is 0.997. The van der Waals surface area contributed by atoms with E-state index in [1.54, 1.807) is 24.3 Å². The molecule has 0 bridgehead atoms. The van der Waals surface area contributed by atoms with Gasteiger partial charge in [0.1, 0.15) is 6.61 Å². The fourth-order valence-corrected chi connectivity index (χ4v) is 0.997. The monoisotopic (exact) mass is 197 g/mol. The Hall–Kier alpha value is -1.47. The minimum atomic E-state index is -2.45. The molecule has 0 amide bonds. The Bertz CT molecular complexity index is 333. The summed E-state index contributed by atoms with van der Waals surface area (Å²) in [4.78, 5) is 0. The average Bonchev–Trinajstić information content (AvgIpc) is 2.18. The number of halogens is 2. The molecular weight excluding hydrogens is 188 g/mol. The van der Waals surface area contributed by atoms with Crippen molar-refractivity contribution in [1.82, 2.24) is 0 Å². The lowest BCUT2D eigenvalue weighted by Gasteiger charge is -2.03. The second-order valence-electron chi connectivity index (χ2n) is 2.72. The van der Waals surface area contributed by atoms with Crippen molar-refractivity contribution in [2.45, 2.75) is 13.0 Å². The zero-order valence-electron chi connectivity index (χ0n) is 7.41. The van der Waals surface area contributed by atoms with Crippen molar-refractivity contribution in [3.05, 3.63) is 35.4 Å². The quantitative estimate of drug-likeness (QED) is 0.742. The van der Waals surface area contributed by atoms with Crippen LogP contribution in [0.5, 0.6) is 0 Å². The lowest BCUT2D eigenvalue weighted by Crippen LogP contribution is -2.04. The lowest BCUT2D eigenvalue weighted by atomic mass is 10.1. The predicted molar refractivity (Wildman–Crippen MR) is 46.8 cm³/mol. The molecular formula is C10H9F2NO. The summed E-state index contributed by atoms with van der Waals surface area (Å²) < 4.78 is 28.1. The molecule has 1 aromatic carbocycles. The third-order valence-corrected chi connectivity index (χ3v) is 1.57. The number of nitriles is 1. The summed E-state index contributed by atoms with van der Waals surface area (Å²) in [6.07, 6.45) is -2.45. The van der Waals surface area contributed by atoms with Crippen LogP contribution in [0.3, 0.4) is 0 Å². The van der Waals surface area contributed by atoms with Crippen molar-refractivity contribution >= 4 is 0 Å². The minimum absolute atomic E-state index is 0.111. The number of hydrogen-bond acceptors (Lipinski definition) is 2. The molecule has 0 aliphatic heterocycles. The van der Waals surface area contributed by atoms with Crippen molar-refractivity contribution in [1.29, 1.82) is 5.26 Å². The van der Waals surface area contributed by atoms with E-state index in [9.17, 15) is 8.78 Å². The van der Waals surface area contributed by atoms with Crippen molar-refractivity contribution in [3.63, 3.8) is 0 Å². The van der Waals surface area contributed by atoms with E-state index in [4.69, 9.17) is 10.00 Å². The van der Waals surface area contributed by atoms with Crippen LogP contribution < -0.4 is 0 Å². The molecule has 2 nitrogen and oxygen atoms in total. The van der Waals surface area contributed by atoms with Crippen LogP contribution >= 0.6 is 0 Å². The van der Waals surface area contributed by atoms with Gasteiger partial charge in [-0.1, -0.05) is 12.1 Å². The zero-order valence-corrected chi connectivity index (χ0v) is 7.41. The summed E-state index contributed by atoms with van der Waals surface area (Å²) in [7, 11) is 0. The van der Waals surface area contributed by atoms with Crippen molar-refractivity contribution in [3.8, 4) is 6.07 Å². The van der Waals surface area contributed by atoms with E-state index < -0.39 is 13.0 Å². The van der Waals surface area contributed by atoms with E-state index in [-0.39, 0.29) is 6.61 Å². The first-order valence-corrected chi connectivity index (χ1v) is 4.07. The van der Waals surface area contributed by atoms with Crippen LogP contribution in [0.1, 0.15) is 11.1 Å². The van der Waals surface area contributed by atoms with Gasteiger partial charge in [-0.3, -0.25) is 0 Å². The summed E-state index contributed by atoms with van der Waals surface area (Å²) in [5.74, 6) is 0. The first kappa shape index (κ1) is 10.6. The number of hydrogen-bond donors (Lipinski definition) is 0. The predicted octanol–water partition coefficient (Wildman–Crippen LogP) is 2.34. The molecule has 0 saturated carbocycles. The van der Waals surface area contributed by atoms with Crippen LogP contribution in [-0.2, 0) is 11.3 Å². The number of ether oxygens (including phenoxy) is 1. The van der Waals surface area contributed by atoms with Gasteiger partial charge in [0.15, 0.2) is 0 Å². The van der Waals surface area contributed by atoms with Gasteiger partial charge in [0.25, 0.3) is 6.43 Å². The molecule has 74 valence electrons. The van der Waals surface area contributed by atoms with Gasteiger partial charge in [-0.2, -0.15) is 5.26 Å². The Morgan fingerprint density at radius 3 is 2.86 bits per heavy atom. The second-order valence-corrected chi connectivity index (χ2v) is 2.72. The van der Waals surface area contributed by atoms with E-state index in [0.29, 0.717) is 5.56 Å². The smallest absolute Gasteiger partial charge is 0.261 e. The van der Waals surface area contributed by atoms with Crippen LogP contribution in [0.15, 0.2) is 24.3 Å². The van der Waals surface area contributed by atoms with Gasteiger partial charge in [0.2, 0.25) is 0 Å². The molecule has 1 rings (SSSR count). The number of nitrogens with zero attached hydrogens (tertiary/aromatic N) is 1. The average molecular weight is 197 g/mol. The fraction of sp³-hybridized carbons (Fsp3) is 0.300. The molecule has 0 radical (unpaired) electrons. The first-order chi connectivity index (χ1) is 6.72. The molecule has 0 fully saturated rings. The number of alkyl halides is 2. The Labute approximate surface area is 80.7 Å². The Balaban J connectivity index is 2.47. The third-order valence-electron chi connectivity index (χ3n) is 1.57. The van der Waals surface area contributed by atoms with Gasteiger partial charge in [-0.05, 0) is 17.7 Å². The summed E-state index contributed by atoms with van der Waals surface area (Å²) in [5, 5.41) is 8.56. The standard InChI is InChI=1S/C10H9F2NO/c11-10(12)7-14-6-9-3-1-2-8(4-9)5-13/h1-4,10H,6-7H2. The lowest BCUT2D eigenvalue weighted by molar-refractivity contribution is 0.00988. The topological polar surface area (TPSA) is 33.0 Å². The Kier molecular flexibility index (Phi) is 4.02. The second kappa shape index (κ2) is 5.30. The number of benzene rings is 1. The third kappa shape index (κ3) is 3.50. The van der Waals surface area contributed by atoms with Gasteiger partial charge >= 0.3 is 0 Å². The highest BCUT2D eigenvalue weighted by molar-refractivity contribution is 5.32. The van der Waals surface area contributed by atoms with E-state index in [1.807, 2.05) is 6.07 Å². The highest BCUT2D eigenvalue weighted by atomic mass is 19.3. The van der Waals surface area contributed by atoms with Crippen LogP contribution in [0.2, 0.25) is 0 Å². The van der Waals surface area contributed by atoms with Crippen molar-refractivity contribution in [2.75, 3.05) is 6.61 Å². The highest BCUT2D eigenvalue weighted by Gasteiger charge is 2.02. The van der Waals surface area contributed by atoms with Gasteiger partial charge in [0.05, 0.1) is 18.2 Å². The van der Waals surface area contributed by atoms with Crippen molar-refractivity contribution < 1.29 is 13.5 Å². The maximum Gasteiger partial charge on any atom is 0.261 e. The molecule has 0 saturated heterocycles. The normalized spacial score (nSPS) is 10.1. The largest absolute Gasteiger partial charge is 0.371 e. The maximum atomic E-state index is 11.7. The van der Waals surface area contributed by atoms with Gasteiger partial charge < -0.3 is 4.74 Å². The summed E-state index contributed by atoms with van der Waals surface area (Å²) in [5.41, 5.74) is 1.23. The molecule has 0 aromatic heterocycles. The molecule has 0 aliphatic carbocycles. The van der Waals surface area contributed by atoms with Crippen LogP contribution in [0, 0.1) is 11.3 Å². The summed E-state index contributed by atoms with van der Waals surface area (Å²) >= 11 is 0. The van der Waals surface area contributed by atoms with Crippen LogP contribution in [0.25, 0.3) is 0 Å². The molecule has 14 heavy (non-hydrogen) atoms. The summed E-state index contributed by atoms with van der Waals surface area (Å²) in [6, 6.07) is 8.65. The van der Waals surface area contributed by atoms with E-state index >= 15 is 0 Å². The number of rotatable bonds is 4. The SMILES string of the molecule is N#Cc1cccc(COCC(F)F)c1. The molecule has 4 heteroatoms.